The molecule has 2 N–H and O–H groups in total. The first kappa shape index (κ1) is 23.1. The number of benzene rings is 1. The highest BCUT2D eigenvalue weighted by Crippen LogP contribution is 2.25. The van der Waals surface area contributed by atoms with Crippen molar-refractivity contribution >= 4 is 22.5 Å². The average molecular weight is 482 g/mol. The Morgan fingerprint density at radius 3 is 2.69 bits per heavy atom. The maximum Gasteiger partial charge on any atom is 0.163 e. The first-order valence-corrected chi connectivity index (χ1v) is 11.2. The molecule has 0 aliphatic heterocycles. The largest absolute Gasteiger partial charge is 0.368 e. The van der Waals surface area contributed by atoms with E-state index in [1.54, 1.807) is 17.1 Å². The van der Waals surface area contributed by atoms with Gasteiger partial charge in [0.25, 0.3) is 0 Å². The van der Waals surface area contributed by atoms with Crippen LogP contribution >= 0.6 is 0 Å². The van der Waals surface area contributed by atoms with Crippen molar-refractivity contribution in [3.63, 3.8) is 0 Å². The molecule has 180 valence electrons. The van der Waals surface area contributed by atoms with Crippen LogP contribution in [-0.2, 0) is 11.2 Å². The molecule has 0 radical (unpaired) electrons. The number of nitrogens with one attached hydrogen (secondary N) is 1. The van der Waals surface area contributed by atoms with Crippen LogP contribution < -0.4 is 5.32 Å². The van der Waals surface area contributed by atoms with Crippen molar-refractivity contribution in [2.45, 2.75) is 26.6 Å². The van der Waals surface area contributed by atoms with E-state index in [4.69, 9.17) is 9.72 Å². The van der Waals surface area contributed by atoms with Gasteiger partial charge < -0.3 is 15.2 Å². The number of aliphatic hydroxyl groups is 1. The van der Waals surface area contributed by atoms with E-state index >= 15 is 0 Å². The summed E-state index contributed by atoms with van der Waals surface area (Å²) in [6, 6.07) is 17.0. The molecule has 11 nitrogen and oxygen atoms in total. The monoisotopic (exact) mass is 481 g/mol. The van der Waals surface area contributed by atoms with Gasteiger partial charge >= 0.3 is 0 Å². The first-order valence-electron chi connectivity index (χ1n) is 11.2. The fraction of sp³-hybridized carbons (Fsp3) is 0.200. The van der Waals surface area contributed by atoms with Crippen molar-refractivity contribution in [2.24, 2.45) is 0 Å². The summed E-state index contributed by atoms with van der Waals surface area (Å²) in [5.41, 5.74) is 5.02. The molecule has 0 unspecified atom stereocenters. The van der Waals surface area contributed by atoms with Crippen molar-refractivity contribution in [3.8, 4) is 17.7 Å². The smallest absolute Gasteiger partial charge is 0.163 e. The van der Waals surface area contributed by atoms with Crippen molar-refractivity contribution < 1.29 is 9.84 Å². The molecule has 0 aliphatic rings. The number of hydrogen-bond donors (Lipinski definition) is 2. The number of aromatic nitrogens is 7. The zero-order chi connectivity index (χ0) is 25.2. The summed E-state index contributed by atoms with van der Waals surface area (Å²) >= 11 is 0. The standard InChI is InChI=1S/C25H23N9O2/c1-15-4-8-22(31-30-15)28-18-6-7-20-21(12-18)33(14-27-20)23-9-5-17(11-24(35)36-3)25(29-23)34-16(2)10-19(13-26)32-34/h4-10,12,14,24,35H,11H2,1-3H3,(H,28,31)/t24-/m0/s1. The molecule has 4 aromatic heterocycles. The zero-order valence-electron chi connectivity index (χ0n) is 19.9. The molecule has 0 spiro atoms. The Labute approximate surface area is 206 Å². The van der Waals surface area contributed by atoms with Gasteiger partial charge in [-0.05, 0) is 56.3 Å². The minimum absolute atomic E-state index is 0.205. The molecule has 0 fully saturated rings. The van der Waals surface area contributed by atoms with Crippen LogP contribution in [0.2, 0.25) is 0 Å². The summed E-state index contributed by atoms with van der Waals surface area (Å²) in [6.45, 7) is 3.73. The van der Waals surface area contributed by atoms with Gasteiger partial charge in [0.2, 0.25) is 0 Å². The number of fused-ring (bicyclic) bond motifs is 1. The number of rotatable bonds is 7. The normalized spacial score (nSPS) is 12.0. The number of hydrogen-bond acceptors (Lipinski definition) is 9. The van der Waals surface area contributed by atoms with E-state index in [9.17, 15) is 10.4 Å². The van der Waals surface area contributed by atoms with E-state index in [0.717, 1.165) is 28.1 Å². The lowest BCUT2D eigenvalue weighted by Gasteiger charge is -2.15. The lowest BCUT2D eigenvalue weighted by molar-refractivity contribution is -0.0721. The number of nitrogens with zero attached hydrogens (tertiary/aromatic N) is 8. The van der Waals surface area contributed by atoms with Gasteiger partial charge in [-0.1, -0.05) is 6.07 Å². The maximum absolute atomic E-state index is 10.1. The highest BCUT2D eigenvalue weighted by Gasteiger charge is 2.17. The predicted molar refractivity (Wildman–Crippen MR) is 132 cm³/mol. The molecular formula is C25H23N9O2. The Kier molecular flexibility index (Phi) is 6.12. The van der Waals surface area contributed by atoms with Gasteiger partial charge in [-0.15, -0.1) is 5.10 Å². The van der Waals surface area contributed by atoms with Gasteiger partial charge in [0.05, 0.1) is 16.7 Å². The van der Waals surface area contributed by atoms with Crippen LogP contribution in [-0.4, -0.2) is 53.0 Å². The number of anilines is 2. The lowest BCUT2D eigenvalue weighted by Crippen LogP contribution is -2.16. The van der Waals surface area contributed by atoms with Gasteiger partial charge in [0, 0.05) is 30.5 Å². The summed E-state index contributed by atoms with van der Waals surface area (Å²) in [4.78, 5) is 9.38. The summed E-state index contributed by atoms with van der Waals surface area (Å²) in [5.74, 6) is 1.73. The van der Waals surface area contributed by atoms with E-state index in [1.165, 1.54) is 7.11 Å². The van der Waals surface area contributed by atoms with E-state index in [0.29, 0.717) is 23.0 Å². The molecule has 1 atom stereocenters. The van der Waals surface area contributed by atoms with E-state index < -0.39 is 6.29 Å². The molecule has 0 saturated heterocycles. The fourth-order valence-corrected chi connectivity index (χ4v) is 3.84. The summed E-state index contributed by atoms with van der Waals surface area (Å²) in [5, 5.41) is 35.3. The Hall–Kier alpha value is -4.66. The topological polar surface area (TPSA) is 140 Å². The van der Waals surface area contributed by atoms with Crippen LogP contribution in [0, 0.1) is 25.2 Å². The Balaban J connectivity index is 1.58. The Bertz CT molecular complexity index is 1580. The third-order valence-electron chi connectivity index (χ3n) is 5.67. The van der Waals surface area contributed by atoms with Crippen LogP contribution in [0.1, 0.15) is 22.6 Å². The second kappa shape index (κ2) is 9.53. The summed E-state index contributed by atoms with van der Waals surface area (Å²) in [6.07, 6.45) is 0.902. The van der Waals surface area contributed by atoms with Gasteiger partial charge in [-0.3, -0.25) is 4.57 Å². The van der Waals surface area contributed by atoms with Crippen LogP contribution in [0.25, 0.3) is 22.7 Å². The number of nitriles is 1. The molecule has 5 aromatic rings. The fourth-order valence-electron chi connectivity index (χ4n) is 3.84. The number of methoxy groups -OCH3 is 1. The lowest BCUT2D eigenvalue weighted by atomic mass is 10.1. The van der Waals surface area contributed by atoms with Crippen molar-refractivity contribution in [1.82, 2.24) is 34.5 Å². The third kappa shape index (κ3) is 4.50. The van der Waals surface area contributed by atoms with Crippen molar-refractivity contribution in [3.05, 3.63) is 77.5 Å². The molecule has 0 aliphatic carbocycles. The Morgan fingerprint density at radius 2 is 1.97 bits per heavy atom. The minimum atomic E-state index is -1.00. The highest BCUT2D eigenvalue weighted by atomic mass is 16.6. The SMILES string of the molecule is CO[C@H](O)Cc1ccc(-n2cnc3ccc(Nc4ccc(C)nn4)cc32)nc1-n1nc(C#N)cc1C. The van der Waals surface area contributed by atoms with Gasteiger partial charge in [-0.2, -0.15) is 15.5 Å². The highest BCUT2D eigenvalue weighted by molar-refractivity contribution is 5.82. The van der Waals surface area contributed by atoms with E-state index in [-0.39, 0.29) is 12.1 Å². The quantitative estimate of drug-likeness (QED) is 0.336. The third-order valence-corrected chi connectivity index (χ3v) is 5.67. The molecule has 0 saturated carbocycles. The second-order valence-electron chi connectivity index (χ2n) is 8.24. The number of imidazole rings is 1. The number of ether oxygens (including phenoxy) is 1. The number of pyridine rings is 1. The van der Waals surface area contributed by atoms with Crippen LogP contribution in [0.5, 0.6) is 0 Å². The summed E-state index contributed by atoms with van der Waals surface area (Å²) in [7, 11) is 1.44. The average Bonchev–Trinajstić information content (AvgIpc) is 3.48. The van der Waals surface area contributed by atoms with Gasteiger partial charge in [0.15, 0.2) is 23.6 Å². The minimum Gasteiger partial charge on any atom is -0.368 e. The Morgan fingerprint density at radius 1 is 1.11 bits per heavy atom. The first-order chi connectivity index (χ1) is 17.4. The number of aryl methyl sites for hydroxylation is 2. The molecule has 1 aromatic carbocycles. The predicted octanol–water partition coefficient (Wildman–Crippen LogP) is 3.14. The van der Waals surface area contributed by atoms with E-state index in [1.807, 2.05) is 60.9 Å². The summed E-state index contributed by atoms with van der Waals surface area (Å²) < 4.78 is 8.51. The van der Waals surface area contributed by atoms with Gasteiger partial charge in [0.1, 0.15) is 18.2 Å². The molecule has 11 heteroatoms. The molecule has 4 heterocycles. The molecule has 5 rings (SSSR count). The zero-order valence-corrected chi connectivity index (χ0v) is 19.9. The van der Waals surface area contributed by atoms with Crippen LogP contribution in [0.3, 0.4) is 0 Å². The van der Waals surface area contributed by atoms with E-state index in [2.05, 4.69) is 31.7 Å². The van der Waals surface area contributed by atoms with Crippen molar-refractivity contribution in [1.29, 1.82) is 5.26 Å². The number of aliphatic hydroxyl groups excluding tert-OH is 1. The second-order valence-corrected chi connectivity index (χ2v) is 8.24. The molecule has 0 bridgehead atoms. The van der Waals surface area contributed by atoms with Crippen molar-refractivity contribution in [2.75, 3.05) is 12.4 Å². The van der Waals surface area contributed by atoms with Crippen LogP contribution in [0.4, 0.5) is 11.5 Å². The molecule has 0 amide bonds. The van der Waals surface area contributed by atoms with Gasteiger partial charge in [-0.25, -0.2) is 14.6 Å². The maximum atomic E-state index is 10.1. The molecule has 36 heavy (non-hydrogen) atoms. The molecular weight excluding hydrogens is 458 g/mol. The van der Waals surface area contributed by atoms with Crippen LogP contribution in [0.15, 0.2) is 54.9 Å².